The van der Waals surface area contributed by atoms with E-state index in [1.54, 1.807) is 12.1 Å². The molecule has 0 aromatic heterocycles. The third-order valence-corrected chi connectivity index (χ3v) is 5.92. The standard InChI is InChI=1S/C31H28O3/c1-19-12-20(2)15-24(14-19)26-8-6-7-9-28(26)30(32)23-10-11-27(29(18-23)31(33)34-5)25-16-21(3)13-22(4)17-25/h6-18H,1-5H3. The van der Waals surface area contributed by atoms with Crippen molar-refractivity contribution < 1.29 is 14.3 Å². The van der Waals surface area contributed by atoms with Gasteiger partial charge < -0.3 is 4.74 Å². The summed E-state index contributed by atoms with van der Waals surface area (Å²) in [6.07, 6.45) is 0. The first-order chi connectivity index (χ1) is 16.3. The Labute approximate surface area is 201 Å². The second-order valence-corrected chi connectivity index (χ2v) is 8.88. The van der Waals surface area contributed by atoms with E-state index in [0.29, 0.717) is 16.7 Å². The molecule has 170 valence electrons. The molecule has 0 N–H and O–H groups in total. The minimum atomic E-state index is -0.466. The maximum Gasteiger partial charge on any atom is 0.338 e. The summed E-state index contributed by atoms with van der Waals surface area (Å²) < 4.78 is 5.07. The zero-order chi connectivity index (χ0) is 24.4. The van der Waals surface area contributed by atoms with Crippen LogP contribution in [0.3, 0.4) is 0 Å². The first-order valence-corrected chi connectivity index (χ1v) is 11.3. The number of methoxy groups -OCH3 is 1. The van der Waals surface area contributed by atoms with E-state index < -0.39 is 5.97 Å². The first-order valence-electron chi connectivity index (χ1n) is 11.3. The fourth-order valence-corrected chi connectivity index (χ4v) is 4.56. The molecule has 0 unspecified atom stereocenters. The van der Waals surface area contributed by atoms with Gasteiger partial charge in [-0.2, -0.15) is 0 Å². The zero-order valence-electron chi connectivity index (χ0n) is 20.2. The van der Waals surface area contributed by atoms with E-state index in [-0.39, 0.29) is 5.78 Å². The summed E-state index contributed by atoms with van der Waals surface area (Å²) in [5.74, 6) is -0.599. The number of esters is 1. The Hall–Kier alpha value is -3.98. The van der Waals surface area contributed by atoms with Crippen LogP contribution in [0.2, 0.25) is 0 Å². The van der Waals surface area contributed by atoms with Crippen LogP contribution in [0.4, 0.5) is 0 Å². The van der Waals surface area contributed by atoms with Crippen LogP contribution in [0.1, 0.15) is 48.5 Å². The molecular formula is C31H28O3. The van der Waals surface area contributed by atoms with Crippen molar-refractivity contribution in [1.82, 2.24) is 0 Å². The maximum absolute atomic E-state index is 13.7. The molecule has 4 aromatic carbocycles. The summed E-state index contributed by atoms with van der Waals surface area (Å²) in [7, 11) is 1.36. The third-order valence-electron chi connectivity index (χ3n) is 5.92. The van der Waals surface area contributed by atoms with E-state index in [1.807, 2.05) is 56.3 Å². The van der Waals surface area contributed by atoms with Gasteiger partial charge in [0.2, 0.25) is 0 Å². The topological polar surface area (TPSA) is 43.4 Å². The third kappa shape index (κ3) is 4.69. The molecule has 0 saturated carbocycles. The van der Waals surface area contributed by atoms with Crippen LogP contribution in [-0.2, 0) is 4.74 Å². The molecule has 3 nitrogen and oxygen atoms in total. The molecule has 0 aliphatic carbocycles. The summed E-state index contributed by atoms with van der Waals surface area (Å²) in [4.78, 5) is 26.4. The number of aryl methyl sites for hydroxylation is 4. The van der Waals surface area contributed by atoms with Crippen molar-refractivity contribution in [3.05, 3.63) is 118 Å². The minimum absolute atomic E-state index is 0.133. The van der Waals surface area contributed by atoms with E-state index in [1.165, 1.54) is 7.11 Å². The lowest BCUT2D eigenvalue weighted by Gasteiger charge is -2.14. The number of hydrogen-bond acceptors (Lipinski definition) is 3. The maximum atomic E-state index is 13.7. The molecule has 4 aromatic rings. The van der Waals surface area contributed by atoms with Gasteiger partial charge in [0.05, 0.1) is 12.7 Å². The molecule has 0 radical (unpaired) electrons. The van der Waals surface area contributed by atoms with Crippen LogP contribution in [0.15, 0.2) is 78.9 Å². The number of rotatable bonds is 5. The van der Waals surface area contributed by atoms with Gasteiger partial charge in [0.25, 0.3) is 0 Å². The van der Waals surface area contributed by atoms with Crippen molar-refractivity contribution >= 4 is 11.8 Å². The highest BCUT2D eigenvalue weighted by Crippen LogP contribution is 2.31. The molecule has 0 aliphatic rings. The SMILES string of the molecule is COC(=O)c1cc(C(=O)c2ccccc2-c2cc(C)cc(C)c2)ccc1-c1cc(C)cc(C)c1. The molecule has 0 fully saturated rings. The van der Waals surface area contributed by atoms with E-state index in [9.17, 15) is 9.59 Å². The van der Waals surface area contributed by atoms with Gasteiger partial charge in [-0.1, -0.05) is 95.1 Å². The Kier molecular flexibility index (Phi) is 6.47. The Morgan fingerprint density at radius 1 is 0.588 bits per heavy atom. The van der Waals surface area contributed by atoms with Gasteiger partial charge in [0.15, 0.2) is 5.78 Å². The van der Waals surface area contributed by atoms with Crippen LogP contribution >= 0.6 is 0 Å². The molecule has 0 amide bonds. The van der Waals surface area contributed by atoms with E-state index in [0.717, 1.165) is 44.5 Å². The number of benzene rings is 4. The smallest absolute Gasteiger partial charge is 0.338 e. The van der Waals surface area contributed by atoms with Crippen molar-refractivity contribution in [2.45, 2.75) is 27.7 Å². The predicted molar refractivity (Wildman–Crippen MR) is 137 cm³/mol. The van der Waals surface area contributed by atoms with Gasteiger partial charge in [-0.3, -0.25) is 4.79 Å². The highest BCUT2D eigenvalue weighted by Gasteiger charge is 2.20. The molecule has 4 rings (SSSR count). The number of carbonyl (C=O) groups is 2. The fraction of sp³-hybridized carbons (Fsp3) is 0.161. The largest absolute Gasteiger partial charge is 0.465 e. The molecule has 34 heavy (non-hydrogen) atoms. The molecule has 0 spiro atoms. The van der Waals surface area contributed by atoms with Crippen molar-refractivity contribution in [3.63, 3.8) is 0 Å². The average Bonchev–Trinajstić information content (AvgIpc) is 2.81. The fourth-order valence-electron chi connectivity index (χ4n) is 4.56. The van der Waals surface area contributed by atoms with Crippen LogP contribution in [0, 0.1) is 27.7 Å². The summed E-state index contributed by atoms with van der Waals surface area (Å²) in [5, 5.41) is 0. The molecule has 0 aliphatic heterocycles. The molecule has 0 bridgehead atoms. The average molecular weight is 449 g/mol. The van der Waals surface area contributed by atoms with Gasteiger partial charge in [-0.05, 0) is 56.0 Å². The predicted octanol–water partition coefficient (Wildman–Crippen LogP) is 7.27. The number of ketones is 1. The van der Waals surface area contributed by atoms with Crippen LogP contribution < -0.4 is 0 Å². The van der Waals surface area contributed by atoms with Gasteiger partial charge in [0, 0.05) is 11.1 Å². The highest BCUT2D eigenvalue weighted by atomic mass is 16.5. The van der Waals surface area contributed by atoms with E-state index in [2.05, 4.69) is 38.1 Å². The zero-order valence-corrected chi connectivity index (χ0v) is 20.2. The Balaban J connectivity index is 1.83. The highest BCUT2D eigenvalue weighted by molar-refractivity contribution is 6.14. The normalized spacial score (nSPS) is 10.7. The lowest BCUT2D eigenvalue weighted by atomic mass is 9.90. The van der Waals surface area contributed by atoms with Gasteiger partial charge in [-0.15, -0.1) is 0 Å². The summed E-state index contributed by atoms with van der Waals surface area (Å²) >= 11 is 0. The Morgan fingerprint density at radius 2 is 1.09 bits per heavy atom. The number of ether oxygens (including phenoxy) is 1. The molecule has 0 atom stereocenters. The second kappa shape index (κ2) is 9.48. The summed E-state index contributed by atoms with van der Waals surface area (Å²) in [6.45, 7) is 8.15. The number of hydrogen-bond donors (Lipinski definition) is 0. The van der Waals surface area contributed by atoms with E-state index >= 15 is 0 Å². The Bertz CT molecular complexity index is 1370. The van der Waals surface area contributed by atoms with Gasteiger partial charge in [0.1, 0.15) is 0 Å². The Morgan fingerprint density at radius 3 is 1.62 bits per heavy atom. The molecule has 3 heteroatoms. The number of carbonyl (C=O) groups excluding carboxylic acids is 2. The first kappa shape index (κ1) is 23.2. The van der Waals surface area contributed by atoms with E-state index in [4.69, 9.17) is 4.74 Å². The second-order valence-electron chi connectivity index (χ2n) is 8.88. The van der Waals surface area contributed by atoms with Crippen molar-refractivity contribution in [3.8, 4) is 22.3 Å². The molecule has 0 saturated heterocycles. The summed E-state index contributed by atoms with van der Waals surface area (Å²) in [6, 6.07) is 25.3. The minimum Gasteiger partial charge on any atom is -0.465 e. The molecule has 0 heterocycles. The quantitative estimate of drug-likeness (QED) is 0.238. The van der Waals surface area contributed by atoms with Crippen molar-refractivity contribution in [2.75, 3.05) is 7.11 Å². The lowest BCUT2D eigenvalue weighted by Crippen LogP contribution is -2.09. The van der Waals surface area contributed by atoms with Gasteiger partial charge >= 0.3 is 5.97 Å². The van der Waals surface area contributed by atoms with Crippen molar-refractivity contribution in [2.24, 2.45) is 0 Å². The lowest BCUT2D eigenvalue weighted by molar-refractivity contribution is 0.0601. The summed E-state index contributed by atoms with van der Waals surface area (Å²) in [5.41, 5.74) is 9.46. The molecular weight excluding hydrogens is 420 g/mol. The van der Waals surface area contributed by atoms with Crippen LogP contribution in [0.25, 0.3) is 22.3 Å². The van der Waals surface area contributed by atoms with Crippen molar-refractivity contribution in [1.29, 1.82) is 0 Å². The van der Waals surface area contributed by atoms with Crippen LogP contribution in [-0.4, -0.2) is 18.9 Å². The van der Waals surface area contributed by atoms with Crippen LogP contribution in [0.5, 0.6) is 0 Å². The monoisotopic (exact) mass is 448 g/mol. The van der Waals surface area contributed by atoms with Gasteiger partial charge in [-0.25, -0.2) is 4.79 Å².